The molecule has 2 aromatic rings. The molecule has 0 aliphatic carbocycles. The van der Waals surface area contributed by atoms with E-state index in [4.69, 9.17) is 0 Å². The highest BCUT2D eigenvalue weighted by atomic mass is 14.6. The summed E-state index contributed by atoms with van der Waals surface area (Å²) in [4.78, 5) is 4.24. The molecule has 1 aromatic heterocycles. The molecule has 88 valence electrons. The molecule has 0 N–H and O–H groups in total. The minimum atomic E-state index is 0.491. The van der Waals surface area contributed by atoms with Crippen LogP contribution in [-0.4, -0.2) is 4.98 Å². The third-order valence-corrected chi connectivity index (χ3v) is 3.14. The van der Waals surface area contributed by atoms with Gasteiger partial charge in [0.1, 0.15) is 0 Å². The van der Waals surface area contributed by atoms with Crippen LogP contribution in [0.4, 0.5) is 0 Å². The largest absolute Gasteiger partial charge is 0.264 e. The van der Waals surface area contributed by atoms with Crippen LogP contribution >= 0.6 is 0 Å². The molecule has 0 aliphatic rings. The fourth-order valence-corrected chi connectivity index (χ4v) is 2.20. The highest BCUT2D eigenvalue weighted by Gasteiger charge is 2.12. The molecule has 1 unspecified atom stereocenters. The second-order valence-corrected chi connectivity index (χ2v) is 4.39. The van der Waals surface area contributed by atoms with Crippen LogP contribution in [0, 0.1) is 0 Å². The van der Waals surface area contributed by atoms with E-state index in [0.29, 0.717) is 5.92 Å². The third kappa shape index (κ3) is 3.16. The lowest BCUT2D eigenvalue weighted by molar-refractivity contribution is 0.648. The number of hydrogen-bond acceptors (Lipinski definition) is 1. The van der Waals surface area contributed by atoms with Crippen molar-refractivity contribution in [1.82, 2.24) is 4.98 Å². The van der Waals surface area contributed by atoms with Crippen molar-refractivity contribution in [3.63, 3.8) is 0 Å². The Morgan fingerprint density at radius 1 is 1.00 bits per heavy atom. The summed E-state index contributed by atoms with van der Waals surface area (Å²) in [6.07, 6.45) is 7.53. The first-order chi connectivity index (χ1) is 8.42. The summed E-state index contributed by atoms with van der Waals surface area (Å²) >= 11 is 0. The van der Waals surface area contributed by atoms with Crippen molar-refractivity contribution >= 4 is 0 Å². The molecule has 1 aromatic carbocycles. The minimum absolute atomic E-state index is 0.491. The van der Waals surface area contributed by atoms with Gasteiger partial charge in [-0.3, -0.25) is 4.98 Å². The van der Waals surface area contributed by atoms with Gasteiger partial charge in [-0.25, -0.2) is 0 Å². The van der Waals surface area contributed by atoms with Gasteiger partial charge in [0.2, 0.25) is 0 Å². The van der Waals surface area contributed by atoms with Gasteiger partial charge in [-0.05, 0) is 23.6 Å². The summed E-state index contributed by atoms with van der Waals surface area (Å²) in [6, 6.07) is 14.9. The third-order valence-electron chi connectivity index (χ3n) is 3.14. The van der Waals surface area contributed by atoms with Gasteiger partial charge >= 0.3 is 0 Å². The maximum Gasteiger partial charge on any atom is 0.0306 e. The zero-order valence-corrected chi connectivity index (χ0v) is 10.3. The Bertz CT molecular complexity index is 382. The van der Waals surface area contributed by atoms with Crippen molar-refractivity contribution in [2.24, 2.45) is 0 Å². The molecule has 17 heavy (non-hydrogen) atoms. The Morgan fingerprint density at radius 2 is 1.76 bits per heavy atom. The fraction of sp³-hybridized carbons (Fsp3) is 0.312. The van der Waals surface area contributed by atoms with Gasteiger partial charge in [0.05, 0.1) is 0 Å². The number of unbranched alkanes of at least 4 members (excludes halogenated alkanes) is 1. The highest BCUT2D eigenvalue weighted by Crippen LogP contribution is 2.28. The van der Waals surface area contributed by atoms with Crippen molar-refractivity contribution in [2.75, 3.05) is 0 Å². The van der Waals surface area contributed by atoms with Crippen molar-refractivity contribution in [3.8, 4) is 0 Å². The molecular weight excluding hydrogens is 206 g/mol. The number of nitrogens with zero attached hydrogens (tertiary/aromatic N) is 1. The second-order valence-electron chi connectivity index (χ2n) is 4.39. The Kier molecular flexibility index (Phi) is 4.31. The Balaban J connectivity index is 2.26. The summed E-state index contributed by atoms with van der Waals surface area (Å²) in [5.41, 5.74) is 2.72. The molecule has 0 radical (unpaired) electrons. The zero-order valence-electron chi connectivity index (χ0n) is 10.3. The Labute approximate surface area is 104 Å². The molecule has 1 nitrogen and oxygen atoms in total. The molecule has 1 heteroatoms. The van der Waals surface area contributed by atoms with E-state index in [1.165, 1.54) is 30.4 Å². The molecule has 2 rings (SSSR count). The topological polar surface area (TPSA) is 12.9 Å². The standard InChI is InChI=1S/C16H19N/c1-2-3-11-16(14-8-5-4-6-9-14)15-10-7-12-17-13-15/h4-10,12-13,16H,2-3,11H2,1H3. The lowest BCUT2D eigenvalue weighted by Gasteiger charge is -2.17. The molecule has 1 atom stereocenters. The summed E-state index contributed by atoms with van der Waals surface area (Å²) < 4.78 is 0. The molecule has 0 bridgehead atoms. The van der Waals surface area contributed by atoms with Crippen LogP contribution in [0.25, 0.3) is 0 Å². The molecule has 0 saturated carbocycles. The molecule has 0 aliphatic heterocycles. The maximum atomic E-state index is 4.24. The fourth-order valence-electron chi connectivity index (χ4n) is 2.20. The van der Waals surface area contributed by atoms with E-state index in [9.17, 15) is 0 Å². The lowest BCUT2D eigenvalue weighted by atomic mass is 9.88. The summed E-state index contributed by atoms with van der Waals surface area (Å²) in [6.45, 7) is 2.24. The monoisotopic (exact) mass is 225 g/mol. The number of benzene rings is 1. The van der Waals surface area contributed by atoms with E-state index in [2.05, 4.69) is 48.3 Å². The van der Waals surface area contributed by atoms with Crippen LogP contribution in [0.3, 0.4) is 0 Å². The highest BCUT2D eigenvalue weighted by molar-refractivity contribution is 5.30. The first kappa shape index (κ1) is 11.8. The van der Waals surface area contributed by atoms with Gasteiger partial charge in [-0.1, -0.05) is 56.2 Å². The summed E-state index contributed by atoms with van der Waals surface area (Å²) in [5.74, 6) is 0.491. The Morgan fingerprint density at radius 3 is 2.41 bits per heavy atom. The average molecular weight is 225 g/mol. The van der Waals surface area contributed by atoms with Crippen LogP contribution in [0.2, 0.25) is 0 Å². The van der Waals surface area contributed by atoms with Crippen molar-refractivity contribution in [1.29, 1.82) is 0 Å². The van der Waals surface area contributed by atoms with Gasteiger partial charge in [-0.15, -0.1) is 0 Å². The van der Waals surface area contributed by atoms with Gasteiger partial charge < -0.3 is 0 Å². The molecule has 0 amide bonds. The van der Waals surface area contributed by atoms with Gasteiger partial charge in [-0.2, -0.15) is 0 Å². The van der Waals surface area contributed by atoms with Crippen molar-refractivity contribution in [2.45, 2.75) is 32.1 Å². The molecule has 0 saturated heterocycles. The zero-order chi connectivity index (χ0) is 11.9. The van der Waals surface area contributed by atoms with E-state index in [1.54, 1.807) is 0 Å². The average Bonchev–Trinajstić information content (AvgIpc) is 2.42. The van der Waals surface area contributed by atoms with Crippen molar-refractivity contribution < 1.29 is 0 Å². The SMILES string of the molecule is CCCCC(c1ccccc1)c1cccnc1. The summed E-state index contributed by atoms with van der Waals surface area (Å²) in [7, 11) is 0. The normalized spacial score (nSPS) is 12.3. The smallest absolute Gasteiger partial charge is 0.0306 e. The van der Waals surface area contributed by atoms with Crippen LogP contribution in [0.5, 0.6) is 0 Å². The molecular formula is C16H19N. The van der Waals surface area contributed by atoms with E-state index >= 15 is 0 Å². The Hall–Kier alpha value is -1.63. The number of rotatable bonds is 5. The van der Waals surface area contributed by atoms with Crippen LogP contribution in [-0.2, 0) is 0 Å². The molecule has 1 heterocycles. The number of aromatic nitrogens is 1. The predicted octanol–water partition coefficient (Wildman–Crippen LogP) is 4.40. The van der Waals surface area contributed by atoms with Crippen LogP contribution in [0.1, 0.15) is 43.2 Å². The first-order valence-corrected chi connectivity index (χ1v) is 6.36. The minimum Gasteiger partial charge on any atom is -0.264 e. The molecule has 0 fully saturated rings. The number of hydrogen-bond donors (Lipinski definition) is 0. The van der Waals surface area contributed by atoms with Crippen LogP contribution < -0.4 is 0 Å². The van der Waals surface area contributed by atoms with E-state index in [-0.39, 0.29) is 0 Å². The summed E-state index contributed by atoms with van der Waals surface area (Å²) in [5, 5.41) is 0. The maximum absolute atomic E-state index is 4.24. The quantitative estimate of drug-likeness (QED) is 0.734. The van der Waals surface area contributed by atoms with E-state index in [1.807, 2.05) is 18.5 Å². The lowest BCUT2D eigenvalue weighted by Crippen LogP contribution is -2.01. The number of pyridine rings is 1. The van der Waals surface area contributed by atoms with Crippen LogP contribution in [0.15, 0.2) is 54.9 Å². The van der Waals surface area contributed by atoms with Gasteiger partial charge in [0, 0.05) is 18.3 Å². The van der Waals surface area contributed by atoms with Gasteiger partial charge in [0.15, 0.2) is 0 Å². The molecule has 0 spiro atoms. The van der Waals surface area contributed by atoms with E-state index < -0.39 is 0 Å². The first-order valence-electron chi connectivity index (χ1n) is 6.36. The van der Waals surface area contributed by atoms with Crippen molar-refractivity contribution in [3.05, 3.63) is 66.0 Å². The van der Waals surface area contributed by atoms with Gasteiger partial charge in [0.25, 0.3) is 0 Å². The second kappa shape index (κ2) is 6.19. The van der Waals surface area contributed by atoms with E-state index in [0.717, 1.165) is 0 Å². The predicted molar refractivity (Wildman–Crippen MR) is 72.0 cm³/mol.